The number of benzene rings is 2. The highest BCUT2D eigenvalue weighted by Gasteiger charge is 2.32. The number of fused-ring (bicyclic) bond motifs is 1. The number of sulfonamides is 1. The van der Waals surface area contributed by atoms with Crippen molar-refractivity contribution in [2.24, 2.45) is 0 Å². The SMILES string of the molecule is CN1CCN(c2ccc(C(=O)Nc3n[nH]c4c3CN(S(=O)(=O)c3cc(F)cc(F)c3)CC4)c(NC(=O)c3ccn[nH]3)c2)CC1. The van der Waals surface area contributed by atoms with E-state index in [2.05, 4.69) is 40.8 Å². The van der Waals surface area contributed by atoms with Gasteiger partial charge < -0.3 is 20.4 Å². The van der Waals surface area contributed by atoms with Gasteiger partial charge in [-0.3, -0.25) is 19.8 Å². The van der Waals surface area contributed by atoms with Crippen LogP contribution in [0.5, 0.6) is 0 Å². The lowest BCUT2D eigenvalue weighted by molar-refractivity contribution is 0.102. The van der Waals surface area contributed by atoms with Crippen LogP contribution in [0.2, 0.25) is 0 Å². The number of carbonyl (C=O) groups is 2. The van der Waals surface area contributed by atoms with E-state index in [9.17, 15) is 26.8 Å². The summed E-state index contributed by atoms with van der Waals surface area (Å²) in [4.78, 5) is 30.4. The van der Waals surface area contributed by atoms with Crippen LogP contribution in [-0.4, -0.2) is 89.6 Å². The minimum absolute atomic E-state index is 0.0422. The number of piperazine rings is 1. The molecule has 2 aliphatic heterocycles. The Balaban J connectivity index is 1.26. The molecule has 4 N–H and O–H groups in total. The highest BCUT2D eigenvalue weighted by Crippen LogP contribution is 2.31. The van der Waals surface area contributed by atoms with Crippen LogP contribution in [0, 0.1) is 11.6 Å². The Kier molecular flexibility index (Phi) is 7.87. The average molecular weight is 626 g/mol. The van der Waals surface area contributed by atoms with Crippen molar-refractivity contribution in [3.8, 4) is 0 Å². The third-order valence-corrected chi connectivity index (χ3v) is 9.54. The molecule has 0 aliphatic carbocycles. The number of amides is 2. The van der Waals surface area contributed by atoms with Crippen molar-refractivity contribution in [2.45, 2.75) is 17.9 Å². The lowest BCUT2D eigenvalue weighted by Gasteiger charge is -2.34. The molecule has 2 aromatic heterocycles. The number of likely N-dealkylation sites (N-methyl/N-ethyl adjacent to an activating group) is 1. The molecule has 4 heterocycles. The van der Waals surface area contributed by atoms with E-state index in [0.717, 1.165) is 48.3 Å². The molecule has 1 saturated heterocycles. The van der Waals surface area contributed by atoms with Crippen molar-refractivity contribution in [2.75, 3.05) is 55.3 Å². The molecule has 0 atom stereocenters. The lowest BCUT2D eigenvalue weighted by Crippen LogP contribution is -2.44. The molecule has 4 aromatic rings. The van der Waals surface area contributed by atoms with Gasteiger partial charge in [0.25, 0.3) is 11.8 Å². The maximum Gasteiger partial charge on any atom is 0.273 e. The van der Waals surface area contributed by atoms with Crippen LogP contribution < -0.4 is 15.5 Å². The number of nitrogens with zero attached hydrogens (tertiary/aromatic N) is 5. The van der Waals surface area contributed by atoms with Gasteiger partial charge in [0.15, 0.2) is 5.82 Å². The van der Waals surface area contributed by atoms with Gasteiger partial charge >= 0.3 is 0 Å². The van der Waals surface area contributed by atoms with Crippen LogP contribution in [0.25, 0.3) is 0 Å². The molecule has 0 bridgehead atoms. The Morgan fingerprint density at radius 2 is 1.66 bits per heavy atom. The average Bonchev–Trinajstić information content (AvgIpc) is 3.68. The molecule has 6 rings (SSSR count). The standard InChI is InChI=1S/C28H29F2N9O4S/c1-37-8-10-38(11-9-37)19-2-3-21(25(15-19)32-28(41)24-4-6-31-34-24)27(40)33-26-22-16-39(7-5-23(22)35-36-26)44(42,43)20-13-17(29)12-18(30)14-20/h2-4,6,12-15H,5,7-11,16H2,1H3,(H,31,34)(H,32,41)(H2,33,35,36,40). The smallest absolute Gasteiger partial charge is 0.273 e. The topological polar surface area (TPSA) is 159 Å². The van der Waals surface area contributed by atoms with Crippen molar-refractivity contribution >= 4 is 39.0 Å². The zero-order valence-corrected chi connectivity index (χ0v) is 24.4. The summed E-state index contributed by atoms with van der Waals surface area (Å²) in [6.45, 7) is 3.13. The zero-order chi connectivity index (χ0) is 31.0. The first-order valence-electron chi connectivity index (χ1n) is 13.8. The third-order valence-electron chi connectivity index (χ3n) is 7.71. The van der Waals surface area contributed by atoms with Gasteiger partial charge in [-0.15, -0.1) is 0 Å². The molecular weight excluding hydrogens is 596 g/mol. The highest BCUT2D eigenvalue weighted by atomic mass is 32.2. The Labute approximate surface area is 251 Å². The first-order valence-corrected chi connectivity index (χ1v) is 15.2. The van der Waals surface area contributed by atoms with E-state index in [1.54, 1.807) is 18.2 Å². The van der Waals surface area contributed by atoms with Gasteiger partial charge in [0.2, 0.25) is 10.0 Å². The Morgan fingerprint density at radius 1 is 0.909 bits per heavy atom. The molecule has 13 nitrogen and oxygen atoms in total. The summed E-state index contributed by atoms with van der Waals surface area (Å²) in [6, 6.07) is 8.78. The van der Waals surface area contributed by atoms with E-state index >= 15 is 0 Å². The van der Waals surface area contributed by atoms with Gasteiger partial charge in [-0.25, -0.2) is 17.2 Å². The minimum Gasteiger partial charge on any atom is -0.369 e. The predicted octanol–water partition coefficient (Wildman–Crippen LogP) is 2.41. The molecular formula is C28H29F2N9O4S. The van der Waals surface area contributed by atoms with Crippen LogP contribution >= 0.6 is 0 Å². The first kappa shape index (κ1) is 29.4. The van der Waals surface area contributed by atoms with Gasteiger partial charge in [0.1, 0.15) is 17.3 Å². The second kappa shape index (κ2) is 11.8. The number of aromatic nitrogens is 4. The molecule has 2 aromatic carbocycles. The maximum atomic E-state index is 13.8. The number of halogens is 2. The fourth-order valence-corrected chi connectivity index (χ4v) is 6.70. The highest BCUT2D eigenvalue weighted by molar-refractivity contribution is 7.89. The van der Waals surface area contributed by atoms with E-state index in [1.807, 2.05) is 7.05 Å². The summed E-state index contributed by atoms with van der Waals surface area (Å²) < 4.78 is 55.1. The molecule has 44 heavy (non-hydrogen) atoms. The number of anilines is 3. The molecule has 0 spiro atoms. The Hall–Kier alpha value is -4.67. The Morgan fingerprint density at radius 3 is 2.36 bits per heavy atom. The van der Waals surface area contributed by atoms with Crippen LogP contribution in [0.15, 0.2) is 53.6 Å². The molecule has 16 heteroatoms. The molecule has 0 saturated carbocycles. The number of H-pyrrole nitrogens is 2. The van der Waals surface area contributed by atoms with Crippen LogP contribution in [0.4, 0.5) is 26.0 Å². The monoisotopic (exact) mass is 625 g/mol. The molecule has 2 aliphatic rings. The normalized spacial score (nSPS) is 16.0. The maximum absolute atomic E-state index is 13.8. The molecule has 230 valence electrons. The number of aromatic amines is 2. The zero-order valence-electron chi connectivity index (χ0n) is 23.6. The number of carbonyl (C=O) groups excluding carboxylic acids is 2. The van der Waals surface area contributed by atoms with E-state index in [1.165, 1.54) is 12.3 Å². The summed E-state index contributed by atoms with van der Waals surface area (Å²) in [5, 5.41) is 19.0. The van der Waals surface area contributed by atoms with E-state index in [-0.39, 0.29) is 42.3 Å². The number of rotatable bonds is 7. The predicted molar refractivity (Wildman–Crippen MR) is 157 cm³/mol. The lowest BCUT2D eigenvalue weighted by atomic mass is 10.1. The summed E-state index contributed by atoms with van der Waals surface area (Å²) in [6.07, 6.45) is 1.68. The second-order valence-electron chi connectivity index (χ2n) is 10.6. The minimum atomic E-state index is -4.25. The van der Waals surface area contributed by atoms with Gasteiger partial charge in [0, 0.05) is 74.9 Å². The first-order chi connectivity index (χ1) is 21.1. The number of hydrogen-bond donors (Lipinski definition) is 4. The van der Waals surface area contributed by atoms with Crippen molar-refractivity contribution in [1.29, 1.82) is 0 Å². The number of hydrogen-bond acceptors (Lipinski definition) is 8. The molecule has 0 radical (unpaired) electrons. The molecule has 2 amide bonds. The molecule has 1 fully saturated rings. The van der Waals surface area contributed by atoms with Crippen molar-refractivity contribution in [1.82, 2.24) is 29.6 Å². The van der Waals surface area contributed by atoms with Gasteiger partial charge in [0.05, 0.1) is 16.1 Å². The van der Waals surface area contributed by atoms with Crippen molar-refractivity contribution in [3.63, 3.8) is 0 Å². The Bertz CT molecular complexity index is 1800. The summed E-state index contributed by atoms with van der Waals surface area (Å²) in [7, 11) is -2.20. The van der Waals surface area contributed by atoms with Gasteiger partial charge in [-0.2, -0.15) is 14.5 Å². The van der Waals surface area contributed by atoms with E-state index < -0.39 is 38.4 Å². The summed E-state index contributed by atoms with van der Waals surface area (Å²) in [5.41, 5.74) is 2.50. The fraction of sp³-hybridized carbons (Fsp3) is 0.286. The quantitative estimate of drug-likeness (QED) is 0.244. The van der Waals surface area contributed by atoms with Crippen LogP contribution in [-0.2, 0) is 23.0 Å². The second-order valence-corrected chi connectivity index (χ2v) is 12.6. The van der Waals surface area contributed by atoms with Gasteiger partial charge in [-0.05, 0) is 43.4 Å². The van der Waals surface area contributed by atoms with Crippen molar-refractivity contribution in [3.05, 3.63) is 82.8 Å². The number of nitrogens with one attached hydrogen (secondary N) is 4. The summed E-state index contributed by atoms with van der Waals surface area (Å²) in [5.74, 6) is -2.99. The van der Waals surface area contributed by atoms with Crippen LogP contribution in [0.3, 0.4) is 0 Å². The van der Waals surface area contributed by atoms with Crippen LogP contribution in [0.1, 0.15) is 32.1 Å². The fourth-order valence-electron chi connectivity index (χ4n) is 5.25. The summed E-state index contributed by atoms with van der Waals surface area (Å²) >= 11 is 0. The largest absolute Gasteiger partial charge is 0.369 e. The third kappa shape index (κ3) is 5.91. The van der Waals surface area contributed by atoms with Gasteiger partial charge in [-0.1, -0.05) is 0 Å². The van der Waals surface area contributed by atoms with E-state index in [0.29, 0.717) is 17.3 Å². The van der Waals surface area contributed by atoms with E-state index in [4.69, 9.17) is 0 Å². The van der Waals surface area contributed by atoms with Crippen molar-refractivity contribution < 1.29 is 26.8 Å². The molecule has 0 unspecified atom stereocenters.